The van der Waals surface area contributed by atoms with Crippen LogP contribution in [-0.2, 0) is 0 Å². The lowest BCUT2D eigenvalue weighted by Gasteiger charge is -2.38. The van der Waals surface area contributed by atoms with Crippen LogP contribution in [0.1, 0.15) is 33.1 Å². The number of pyridine rings is 1. The number of rotatable bonds is 6. The largest absolute Gasteiger partial charge is 0.417 e. The van der Waals surface area contributed by atoms with Crippen molar-refractivity contribution in [3.05, 3.63) is 18.3 Å². The zero-order valence-corrected chi connectivity index (χ0v) is 13.8. The molecule has 1 aromatic rings. The molecule has 0 spiro atoms. The lowest BCUT2D eigenvalue weighted by molar-refractivity contribution is -0.0528. The second kappa shape index (κ2) is 7.74. The predicted octanol–water partition coefficient (Wildman–Crippen LogP) is 3.09. The van der Waals surface area contributed by atoms with E-state index in [-0.39, 0.29) is 18.5 Å². The van der Waals surface area contributed by atoms with Crippen LogP contribution in [0.3, 0.4) is 0 Å². The van der Waals surface area contributed by atoms with E-state index >= 15 is 0 Å². The molecule has 0 saturated carbocycles. The second-order valence-electron chi connectivity index (χ2n) is 6.43. The molecule has 1 saturated heterocycles. The third kappa shape index (κ3) is 4.31. The number of nitrogens with one attached hydrogen (secondary N) is 1. The van der Waals surface area contributed by atoms with Crippen molar-refractivity contribution in [3.63, 3.8) is 0 Å². The average molecular weight is 343 g/mol. The number of likely N-dealkylation sites (tertiary alicyclic amines) is 1. The highest BCUT2D eigenvalue weighted by molar-refractivity contribution is 5.90. The summed E-state index contributed by atoms with van der Waals surface area (Å²) in [4.78, 5) is 17.9. The number of hydrogen-bond donors (Lipinski definition) is 2. The number of hydrogen-bond acceptors (Lipinski definition) is 4. The van der Waals surface area contributed by atoms with Crippen molar-refractivity contribution < 1.29 is 23.4 Å². The van der Waals surface area contributed by atoms with Gasteiger partial charge in [-0.25, -0.2) is 9.78 Å². The molecule has 0 bridgehead atoms. The summed E-state index contributed by atoms with van der Waals surface area (Å²) in [6.45, 7) is 1.65. The zero-order valence-electron chi connectivity index (χ0n) is 13.8. The fraction of sp³-hybridized carbons (Fsp3) is 0.625. The van der Waals surface area contributed by atoms with Crippen molar-refractivity contribution in [2.24, 2.45) is 5.92 Å². The molecule has 24 heavy (non-hydrogen) atoms. The van der Waals surface area contributed by atoms with Crippen LogP contribution in [0.4, 0.5) is 19.3 Å². The van der Waals surface area contributed by atoms with Gasteiger partial charge in [0.15, 0.2) is 0 Å². The van der Waals surface area contributed by atoms with Crippen molar-refractivity contribution >= 4 is 11.7 Å². The van der Waals surface area contributed by atoms with E-state index in [1.807, 2.05) is 0 Å². The number of aliphatic hydroxyl groups is 1. The van der Waals surface area contributed by atoms with Crippen LogP contribution < -0.4 is 10.1 Å². The molecule has 134 valence electrons. The highest BCUT2D eigenvalue weighted by Crippen LogP contribution is 2.35. The summed E-state index contributed by atoms with van der Waals surface area (Å²) < 4.78 is 28.4. The molecule has 0 radical (unpaired) electrons. The molecule has 1 aliphatic heterocycles. The highest BCUT2D eigenvalue weighted by atomic mass is 19.3. The fourth-order valence-electron chi connectivity index (χ4n) is 3.26. The highest BCUT2D eigenvalue weighted by Gasteiger charge is 2.43. The predicted molar refractivity (Wildman–Crippen MR) is 85.1 cm³/mol. The number of aliphatic hydroxyl groups excluding tert-OH is 1. The number of halogens is 2. The number of nitrogens with zero attached hydrogens (tertiary/aromatic N) is 2. The smallest absolute Gasteiger partial charge is 0.388 e. The van der Waals surface area contributed by atoms with Gasteiger partial charge in [-0.05, 0) is 31.2 Å². The van der Waals surface area contributed by atoms with Gasteiger partial charge in [-0.15, -0.1) is 0 Å². The maximum Gasteiger partial charge on any atom is 0.388 e. The number of urea groups is 1. The van der Waals surface area contributed by atoms with Crippen LogP contribution in [0.5, 0.6) is 5.88 Å². The topological polar surface area (TPSA) is 74.7 Å². The number of alkyl halides is 2. The standard InChI is InChI=1S/C16H23F2N3O3/c1-11(2)8-16(10-22)6-3-7-21(16)15(23)20-12-4-5-13(19-9-12)24-14(17)18/h4-5,9,11,14,22H,3,6-8,10H2,1-2H3,(H,20,23). The Hall–Kier alpha value is -1.96. The Kier molecular flexibility index (Phi) is 5.93. The van der Waals surface area contributed by atoms with Crippen molar-refractivity contribution in [2.45, 2.75) is 45.3 Å². The Bertz CT molecular complexity index is 554. The summed E-state index contributed by atoms with van der Waals surface area (Å²) in [6, 6.07) is 2.38. The summed E-state index contributed by atoms with van der Waals surface area (Å²) in [5.41, 5.74) is -0.172. The van der Waals surface area contributed by atoms with Crippen molar-refractivity contribution in [3.8, 4) is 5.88 Å². The first-order chi connectivity index (χ1) is 11.4. The van der Waals surface area contributed by atoms with Crippen molar-refractivity contribution in [1.29, 1.82) is 0 Å². The van der Waals surface area contributed by atoms with Gasteiger partial charge >= 0.3 is 12.6 Å². The van der Waals surface area contributed by atoms with Crippen LogP contribution in [0, 0.1) is 5.92 Å². The molecule has 2 rings (SSSR count). The Morgan fingerprint density at radius 2 is 2.25 bits per heavy atom. The molecule has 1 aromatic heterocycles. The van der Waals surface area contributed by atoms with E-state index in [9.17, 15) is 18.7 Å². The van der Waals surface area contributed by atoms with Crippen LogP contribution >= 0.6 is 0 Å². The van der Waals surface area contributed by atoms with Gasteiger partial charge in [-0.2, -0.15) is 8.78 Å². The van der Waals surface area contributed by atoms with Gasteiger partial charge in [-0.1, -0.05) is 13.8 Å². The van der Waals surface area contributed by atoms with Gasteiger partial charge in [-0.3, -0.25) is 0 Å². The Morgan fingerprint density at radius 1 is 1.50 bits per heavy atom. The normalized spacial score (nSPS) is 20.7. The lowest BCUT2D eigenvalue weighted by Crippen LogP contribution is -2.52. The maximum absolute atomic E-state index is 12.6. The first-order valence-electron chi connectivity index (χ1n) is 7.96. The number of carbonyl (C=O) groups is 1. The van der Waals surface area contributed by atoms with E-state index in [0.717, 1.165) is 19.3 Å². The quantitative estimate of drug-likeness (QED) is 0.832. The zero-order chi connectivity index (χ0) is 17.7. The van der Waals surface area contributed by atoms with Gasteiger partial charge < -0.3 is 20.1 Å². The molecular formula is C16H23F2N3O3. The monoisotopic (exact) mass is 343 g/mol. The SMILES string of the molecule is CC(C)CC1(CO)CCCN1C(=O)Nc1ccc(OC(F)F)nc1. The van der Waals surface area contributed by atoms with E-state index in [2.05, 4.69) is 28.9 Å². The summed E-state index contributed by atoms with van der Waals surface area (Å²) in [7, 11) is 0. The number of carbonyl (C=O) groups excluding carboxylic acids is 1. The summed E-state index contributed by atoms with van der Waals surface area (Å²) >= 11 is 0. The van der Waals surface area contributed by atoms with Gasteiger partial charge in [0.2, 0.25) is 5.88 Å². The van der Waals surface area contributed by atoms with E-state index in [0.29, 0.717) is 18.2 Å². The minimum Gasteiger partial charge on any atom is -0.417 e. The molecule has 6 nitrogen and oxygen atoms in total. The number of ether oxygens (including phenoxy) is 1. The minimum absolute atomic E-state index is 0.0853. The van der Waals surface area contributed by atoms with Gasteiger partial charge in [0.1, 0.15) is 0 Å². The molecule has 2 heterocycles. The molecule has 1 unspecified atom stereocenters. The summed E-state index contributed by atoms with van der Waals surface area (Å²) in [6.07, 6.45) is 3.57. The number of anilines is 1. The minimum atomic E-state index is -2.94. The first-order valence-corrected chi connectivity index (χ1v) is 7.96. The van der Waals surface area contributed by atoms with Gasteiger partial charge in [0.25, 0.3) is 0 Å². The maximum atomic E-state index is 12.6. The summed E-state index contributed by atoms with van der Waals surface area (Å²) in [5.74, 6) is 0.131. The van der Waals surface area contributed by atoms with Gasteiger partial charge in [0, 0.05) is 12.6 Å². The van der Waals surface area contributed by atoms with Gasteiger partial charge in [0.05, 0.1) is 24.0 Å². The number of amides is 2. The molecule has 0 aliphatic carbocycles. The summed E-state index contributed by atoms with van der Waals surface area (Å²) in [5, 5.41) is 12.5. The third-order valence-electron chi connectivity index (χ3n) is 4.12. The fourth-order valence-corrected chi connectivity index (χ4v) is 3.26. The van der Waals surface area contributed by atoms with Crippen LogP contribution in [0.25, 0.3) is 0 Å². The molecule has 1 fully saturated rings. The lowest BCUT2D eigenvalue weighted by atomic mass is 9.87. The molecule has 2 amide bonds. The van der Waals surface area contributed by atoms with Crippen LogP contribution in [0.2, 0.25) is 0 Å². The first kappa shape index (κ1) is 18.4. The third-order valence-corrected chi connectivity index (χ3v) is 4.12. The van der Waals surface area contributed by atoms with Crippen molar-refractivity contribution in [2.75, 3.05) is 18.5 Å². The van der Waals surface area contributed by atoms with Crippen molar-refractivity contribution in [1.82, 2.24) is 9.88 Å². The van der Waals surface area contributed by atoms with E-state index < -0.39 is 12.2 Å². The molecule has 1 atom stereocenters. The Labute approximate surface area is 139 Å². The van der Waals surface area contributed by atoms with E-state index in [4.69, 9.17) is 0 Å². The Balaban J connectivity index is 2.05. The van der Waals surface area contributed by atoms with E-state index in [1.54, 1.807) is 4.90 Å². The second-order valence-corrected chi connectivity index (χ2v) is 6.43. The molecule has 0 aromatic carbocycles. The van der Waals surface area contributed by atoms with Crippen LogP contribution in [-0.4, -0.2) is 46.3 Å². The van der Waals surface area contributed by atoms with E-state index in [1.165, 1.54) is 18.3 Å². The molecule has 2 N–H and O–H groups in total. The Morgan fingerprint density at radius 3 is 2.79 bits per heavy atom. The molecule has 1 aliphatic rings. The molecule has 8 heteroatoms. The molecular weight excluding hydrogens is 320 g/mol. The van der Waals surface area contributed by atoms with Crippen LogP contribution in [0.15, 0.2) is 18.3 Å². The average Bonchev–Trinajstić information content (AvgIpc) is 2.92. The number of aromatic nitrogens is 1.